The highest BCUT2D eigenvalue weighted by atomic mass is 35.5. The first-order valence-corrected chi connectivity index (χ1v) is 8.71. The minimum atomic E-state index is -3.60. The molecule has 3 rings (SSSR count). The first kappa shape index (κ1) is 14.9. The molecule has 0 radical (unpaired) electrons. The minimum absolute atomic E-state index is 0.176. The van der Waals surface area contributed by atoms with Gasteiger partial charge in [0.2, 0.25) is 10.0 Å². The quantitative estimate of drug-likeness (QED) is 0.914. The molecular weight excluding hydrogens is 329 g/mol. The third-order valence-electron chi connectivity index (χ3n) is 3.58. The second-order valence-electron chi connectivity index (χ2n) is 5.15. The van der Waals surface area contributed by atoms with E-state index in [9.17, 15) is 8.42 Å². The molecule has 21 heavy (non-hydrogen) atoms. The van der Waals surface area contributed by atoms with Crippen LogP contribution in [0.1, 0.15) is 18.4 Å². The molecule has 2 aromatic carbocycles. The fourth-order valence-electron chi connectivity index (χ4n) is 2.29. The minimum Gasteiger partial charge on any atom is -0.207 e. The maximum absolute atomic E-state index is 12.5. The summed E-state index contributed by atoms with van der Waals surface area (Å²) in [5.41, 5.74) is 0.406. The average Bonchev–Trinajstić information content (AvgIpc) is 3.19. The lowest BCUT2D eigenvalue weighted by Crippen LogP contribution is -2.34. The van der Waals surface area contributed by atoms with Gasteiger partial charge in [-0.3, -0.25) is 0 Å². The normalized spacial score (nSPS) is 16.7. The van der Waals surface area contributed by atoms with E-state index in [1.165, 1.54) is 12.1 Å². The Bertz CT molecular complexity index is 769. The van der Waals surface area contributed by atoms with Gasteiger partial charge in [0.1, 0.15) is 0 Å². The molecule has 1 aliphatic carbocycles. The molecule has 110 valence electrons. The van der Waals surface area contributed by atoms with Gasteiger partial charge in [-0.25, -0.2) is 13.1 Å². The van der Waals surface area contributed by atoms with Crippen molar-refractivity contribution in [1.29, 1.82) is 0 Å². The summed E-state index contributed by atoms with van der Waals surface area (Å²) < 4.78 is 27.8. The van der Waals surface area contributed by atoms with Crippen molar-refractivity contribution in [3.63, 3.8) is 0 Å². The average molecular weight is 342 g/mol. The third kappa shape index (κ3) is 3.09. The van der Waals surface area contributed by atoms with Crippen molar-refractivity contribution >= 4 is 33.2 Å². The Balaban J connectivity index is 1.90. The second kappa shape index (κ2) is 5.29. The maximum atomic E-state index is 12.5. The van der Waals surface area contributed by atoms with Crippen LogP contribution >= 0.6 is 23.2 Å². The first-order valence-electron chi connectivity index (χ1n) is 6.47. The molecule has 0 aliphatic heterocycles. The number of halogens is 2. The molecule has 0 saturated heterocycles. The van der Waals surface area contributed by atoms with E-state index in [-0.39, 0.29) is 4.90 Å². The fraction of sp³-hybridized carbons (Fsp3) is 0.200. The fourth-order valence-corrected chi connectivity index (χ4v) is 4.17. The number of rotatable bonds is 4. The van der Waals surface area contributed by atoms with Gasteiger partial charge in [-0.15, -0.1) is 0 Å². The predicted octanol–water partition coefficient (Wildman–Crippen LogP) is 3.96. The molecule has 0 bridgehead atoms. The van der Waals surface area contributed by atoms with Gasteiger partial charge >= 0.3 is 0 Å². The molecule has 0 unspecified atom stereocenters. The molecule has 0 aromatic heterocycles. The smallest absolute Gasteiger partial charge is 0.207 e. The Morgan fingerprint density at radius 1 is 0.952 bits per heavy atom. The second-order valence-corrected chi connectivity index (χ2v) is 7.71. The summed E-state index contributed by atoms with van der Waals surface area (Å²) in [4.78, 5) is 0.176. The van der Waals surface area contributed by atoms with Crippen molar-refractivity contribution in [2.75, 3.05) is 0 Å². The van der Waals surface area contributed by atoms with E-state index in [0.29, 0.717) is 10.0 Å². The molecule has 0 spiro atoms. The van der Waals surface area contributed by atoms with Crippen LogP contribution in [0.25, 0.3) is 0 Å². The van der Waals surface area contributed by atoms with E-state index < -0.39 is 15.6 Å². The zero-order valence-corrected chi connectivity index (χ0v) is 13.3. The van der Waals surface area contributed by atoms with Crippen LogP contribution in [0.3, 0.4) is 0 Å². The number of hydrogen-bond acceptors (Lipinski definition) is 2. The topological polar surface area (TPSA) is 46.2 Å². The van der Waals surface area contributed by atoms with Gasteiger partial charge in [0.15, 0.2) is 0 Å². The van der Waals surface area contributed by atoms with Crippen LogP contribution in [0.2, 0.25) is 10.0 Å². The summed E-state index contributed by atoms with van der Waals surface area (Å²) in [7, 11) is -3.60. The zero-order valence-electron chi connectivity index (χ0n) is 11.0. The Labute approximate surface area is 133 Å². The maximum Gasteiger partial charge on any atom is 0.241 e. The molecule has 0 atom stereocenters. The monoisotopic (exact) mass is 341 g/mol. The van der Waals surface area contributed by atoms with Crippen LogP contribution in [0.4, 0.5) is 0 Å². The van der Waals surface area contributed by atoms with Crippen LogP contribution < -0.4 is 4.72 Å². The number of nitrogens with one attached hydrogen (secondary N) is 1. The van der Waals surface area contributed by atoms with Gasteiger partial charge in [0.05, 0.1) is 10.4 Å². The van der Waals surface area contributed by atoms with Gasteiger partial charge in [0.25, 0.3) is 0 Å². The van der Waals surface area contributed by atoms with Crippen LogP contribution in [0, 0.1) is 0 Å². The summed E-state index contributed by atoms with van der Waals surface area (Å²) >= 11 is 11.7. The Morgan fingerprint density at radius 3 is 2.19 bits per heavy atom. The summed E-state index contributed by atoms with van der Waals surface area (Å²) in [6.45, 7) is 0. The van der Waals surface area contributed by atoms with E-state index >= 15 is 0 Å². The Hall–Kier alpha value is -1.07. The van der Waals surface area contributed by atoms with E-state index in [1.54, 1.807) is 24.3 Å². The van der Waals surface area contributed by atoms with Crippen LogP contribution in [0.5, 0.6) is 0 Å². The van der Waals surface area contributed by atoms with Crippen molar-refractivity contribution in [3.8, 4) is 0 Å². The van der Waals surface area contributed by atoms with E-state index in [1.807, 2.05) is 12.1 Å². The number of benzene rings is 2. The highest BCUT2D eigenvalue weighted by molar-refractivity contribution is 7.89. The Morgan fingerprint density at radius 2 is 1.62 bits per heavy atom. The Kier molecular flexibility index (Phi) is 3.74. The van der Waals surface area contributed by atoms with Crippen molar-refractivity contribution in [2.45, 2.75) is 23.3 Å². The van der Waals surface area contributed by atoms with Crippen molar-refractivity contribution in [3.05, 3.63) is 64.1 Å². The van der Waals surface area contributed by atoms with Crippen molar-refractivity contribution in [1.82, 2.24) is 4.72 Å². The zero-order chi connectivity index (χ0) is 15.1. The molecule has 3 nitrogen and oxygen atoms in total. The van der Waals surface area contributed by atoms with E-state index in [0.717, 1.165) is 18.4 Å². The van der Waals surface area contributed by atoms with Gasteiger partial charge in [-0.1, -0.05) is 41.4 Å². The lowest BCUT2D eigenvalue weighted by molar-refractivity contribution is 0.552. The highest BCUT2D eigenvalue weighted by Gasteiger charge is 2.47. The molecule has 1 N–H and O–H groups in total. The highest BCUT2D eigenvalue weighted by Crippen LogP contribution is 2.46. The first-order chi connectivity index (χ1) is 9.91. The molecule has 6 heteroatoms. The van der Waals surface area contributed by atoms with Crippen molar-refractivity contribution in [2.24, 2.45) is 0 Å². The lowest BCUT2D eigenvalue weighted by Gasteiger charge is -2.18. The molecule has 1 saturated carbocycles. The van der Waals surface area contributed by atoms with Crippen LogP contribution in [-0.4, -0.2) is 8.42 Å². The summed E-state index contributed by atoms with van der Waals surface area (Å²) in [6, 6.07) is 13.5. The third-order valence-corrected chi connectivity index (χ3v) is 5.60. The van der Waals surface area contributed by atoms with Crippen molar-refractivity contribution < 1.29 is 8.42 Å². The number of sulfonamides is 1. The molecular formula is C15H13Cl2NO2S. The summed E-state index contributed by atoms with van der Waals surface area (Å²) in [5, 5.41) is 1.03. The van der Waals surface area contributed by atoms with Crippen LogP contribution in [0.15, 0.2) is 53.4 Å². The van der Waals surface area contributed by atoms with Crippen LogP contribution in [-0.2, 0) is 15.6 Å². The standard InChI is InChI=1S/C15H13Cl2NO2S/c16-12-6-4-11(5-7-12)15(8-9-15)18-21(19,20)14-3-1-2-13(17)10-14/h1-7,10,18H,8-9H2. The predicted molar refractivity (Wildman–Crippen MR) is 84.1 cm³/mol. The molecule has 1 aliphatic rings. The molecule has 0 amide bonds. The summed E-state index contributed by atoms with van der Waals surface area (Å²) in [6.07, 6.45) is 1.54. The number of hydrogen-bond donors (Lipinski definition) is 1. The largest absolute Gasteiger partial charge is 0.241 e. The SMILES string of the molecule is O=S(=O)(NC1(c2ccc(Cl)cc2)CC1)c1cccc(Cl)c1. The van der Waals surface area contributed by atoms with E-state index in [4.69, 9.17) is 23.2 Å². The van der Waals surface area contributed by atoms with E-state index in [2.05, 4.69) is 4.72 Å². The summed E-state index contributed by atoms with van der Waals surface area (Å²) in [5.74, 6) is 0. The molecule has 1 fully saturated rings. The molecule has 0 heterocycles. The lowest BCUT2D eigenvalue weighted by atomic mass is 10.1. The van der Waals surface area contributed by atoms with Gasteiger partial charge < -0.3 is 0 Å². The molecule has 2 aromatic rings. The van der Waals surface area contributed by atoms with Gasteiger partial charge in [0, 0.05) is 10.0 Å². The van der Waals surface area contributed by atoms with Gasteiger partial charge in [-0.2, -0.15) is 0 Å². The van der Waals surface area contributed by atoms with Gasteiger partial charge in [-0.05, 0) is 48.7 Å².